The first-order chi connectivity index (χ1) is 8.54. The summed E-state index contributed by atoms with van der Waals surface area (Å²) in [5.41, 5.74) is 6.69. The van der Waals surface area contributed by atoms with Crippen LogP contribution in [0.1, 0.15) is 41.1 Å². The third-order valence-corrected chi connectivity index (χ3v) is 4.08. The summed E-state index contributed by atoms with van der Waals surface area (Å²) in [5.74, 6) is -0.135. The molecule has 2 heterocycles. The van der Waals surface area contributed by atoms with Crippen LogP contribution in [0.4, 0.5) is 0 Å². The number of rotatable bonds is 4. The maximum Gasteiger partial charge on any atom is 0.231 e. The first-order valence-electron chi connectivity index (χ1n) is 5.51. The van der Waals surface area contributed by atoms with Crippen molar-refractivity contribution in [1.29, 1.82) is 0 Å². The largest absolute Gasteiger partial charge is 0.322 e. The van der Waals surface area contributed by atoms with Crippen molar-refractivity contribution in [2.45, 2.75) is 26.4 Å². The molecule has 0 fully saturated rings. The Morgan fingerprint density at radius 1 is 1.67 bits per heavy atom. The number of nitrogens with zero attached hydrogens (tertiary/aromatic N) is 3. The third kappa shape index (κ3) is 2.38. The average Bonchev–Trinajstić information content (AvgIpc) is 2.94. The van der Waals surface area contributed by atoms with Gasteiger partial charge in [-0.2, -0.15) is 5.10 Å². The zero-order chi connectivity index (χ0) is 13.3. The summed E-state index contributed by atoms with van der Waals surface area (Å²) in [4.78, 5) is 16.6. The van der Waals surface area contributed by atoms with Crippen LogP contribution in [-0.2, 0) is 6.54 Å². The quantitative estimate of drug-likeness (QED) is 0.874. The molecule has 2 N–H and O–H groups in total. The molecule has 2 rings (SSSR count). The van der Waals surface area contributed by atoms with Gasteiger partial charge in [-0.3, -0.25) is 9.48 Å². The van der Waals surface area contributed by atoms with E-state index in [4.69, 9.17) is 5.73 Å². The van der Waals surface area contributed by atoms with Crippen LogP contribution in [0.3, 0.4) is 0 Å². The van der Waals surface area contributed by atoms with E-state index in [0.29, 0.717) is 22.4 Å². The Bertz CT molecular complexity index is 575. The van der Waals surface area contributed by atoms with Crippen molar-refractivity contribution in [3.05, 3.63) is 32.4 Å². The number of carbonyl (C=O) groups excluding carboxylic acids is 1. The minimum atomic E-state index is -0.156. The molecule has 0 bridgehead atoms. The van der Waals surface area contributed by atoms with Crippen LogP contribution in [-0.4, -0.2) is 20.5 Å². The van der Waals surface area contributed by atoms with Crippen LogP contribution in [0.15, 0.2) is 16.0 Å². The van der Waals surface area contributed by atoms with Gasteiger partial charge in [-0.05, 0) is 29.8 Å². The molecule has 0 saturated carbocycles. The van der Waals surface area contributed by atoms with Gasteiger partial charge in [0.05, 0.1) is 16.7 Å². The van der Waals surface area contributed by atoms with E-state index in [0.717, 1.165) is 5.01 Å². The van der Waals surface area contributed by atoms with E-state index in [2.05, 4.69) is 26.0 Å². The van der Waals surface area contributed by atoms with Crippen LogP contribution < -0.4 is 5.73 Å². The highest BCUT2D eigenvalue weighted by atomic mass is 79.9. The number of nitrogens with two attached hydrogens (primary N) is 1. The van der Waals surface area contributed by atoms with E-state index < -0.39 is 0 Å². The number of thiazole rings is 1. The first kappa shape index (κ1) is 13.4. The van der Waals surface area contributed by atoms with Gasteiger partial charge in [0.25, 0.3) is 0 Å². The number of hydrogen-bond donors (Lipinski definition) is 1. The minimum Gasteiger partial charge on any atom is -0.322 e. The van der Waals surface area contributed by atoms with E-state index in [-0.39, 0.29) is 11.8 Å². The Kier molecular flexibility index (Phi) is 3.94. The highest BCUT2D eigenvalue weighted by Gasteiger charge is 2.21. The second-order valence-corrected chi connectivity index (χ2v) is 5.59. The predicted octanol–water partition coefficient (Wildman–Crippen LogP) is 2.37. The molecule has 5 nitrogen and oxygen atoms in total. The molecular formula is C11H13BrN4OS. The molecule has 0 saturated heterocycles. The zero-order valence-electron chi connectivity index (χ0n) is 10.1. The second-order valence-electron chi connectivity index (χ2n) is 3.85. The second kappa shape index (κ2) is 5.29. The fourth-order valence-corrected chi connectivity index (χ4v) is 2.78. The molecule has 0 aliphatic rings. The van der Waals surface area contributed by atoms with Gasteiger partial charge in [-0.25, -0.2) is 4.98 Å². The number of aryl methyl sites for hydroxylation is 1. The molecule has 0 amide bonds. The maximum atomic E-state index is 12.4. The van der Waals surface area contributed by atoms with Gasteiger partial charge in [0.15, 0.2) is 0 Å². The van der Waals surface area contributed by atoms with E-state index in [1.54, 1.807) is 16.3 Å². The van der Waals surface area contributed by atoms with Crippen molar-refractivity contribution in [3.63, 3.8) is 0 Å². The lowest BCUT2D eigenvalue weighted by Crippen LogP contribution is -2.12. The summed E-state index contributed by atoms with van der Waals surface area (Å²) in [6.45, 7) is 4.42. The van der Waals surface area contributed by atoms with Crippen molar-refractivity contribution >= 4 is 33.0 Å². The van der Waals surface area contributed by atoms with Crippen LogP contribution in [0.5, 0.6) is 0 Å². The van der Waals surface area contributed by atoms with Gasteiger partial charge in [0.2, 0.25) is 5.78 Å². The van der Waals surface area contributed by atoms with Crippen molar-refractivity contribution in [3.8, 4) is 0 Å². The van der Waals surface area contributed by atoms with E-state index in [1.807, 2.05) is 13.8 Å². The Hall–Kier alpha value is -1.05. The standard InChI is InChI=1S/C11H13BrN4OS/c1-3-16-9(7(12)4-14-16)10(17)8-5-18-11(15-8)6(2)13/h4-6H,3,13H2,1-2H3. The van der Waals surface area contributed by atoms with Crippen molar-refractivity contribution in [1.82, 2.24) is 14.8 Å². The molecule has 0 radical (unpaired) electrons. The summed E-state index contributed by atoms with van der Waals surface area (Å²) < 4.78 is 2.34. The molecule has 0 aliphatic heterocycles. The molecule has 18 heavy (non-hydrogen) atoms. The SMILES string of the molecule is CCn1ncc(Br)c1C(=O)c1csc(C(C)N)n1. The number of hydrogen-bond acceptors (Lipinski definition) is 5. The third-order valence-electron chi connectivity index (χ3n) is 2.45. The molecule has 0 spiro atoms. The zero-order valence-corrected chi connectivity index (χ0v) is 12.5. The van der Waals surface area contributed by atoms with E-state index >= 15 is 0 Å². The topological polar surface area (TPSA) is 73.8 Å². The monoisotopic (exact) mass is 328 g/mol. The summed E-state index contributed by atoms with van der Waals surface area (Å²) in [5, 5.41) is 6.62. The fourth-order valence-electron chi connectivity index (χ4n) is 1.55. The van der Waals surface area contributed by atoms with E-state index in [9.17, 15) is 4.79 Å². The fraction of sp³-hybridized carbons (Fsp3) is 0.364. The number of aromatic nitrogens is 3. The summed E-state index contributed by atoms with van der Waals surface area (Å²) in [6.07, 6.45) is 1.62. The Balaban J connectivity index is 2.38. The smallest absolute Gasteiger partial charge is 0.231 e. The van der Waals surface area contributed by atoms with Gasteiger partial charge in [-0.15, -0.1) is 11.3 Å². The lowest BCUT2D eigenvalue weighted by atomic mass is 10.2. The minimum absolute atomic E-state index is 0.135. The molecule has 96 valence electrons. The highest BCUT2D eigenvalue weighted by molar-refractivity contribution is 9.10. The first-order valence-corrected chi connectivity index (χ1v) is 7.18. The Morgan fingerprint density at radius 2 is 2.39 bits per heavy atom. The van der Waals surface area contributed by atoms with Crippen LogP contribution >= 0.6 is 27.3 Å². The van der Waals surface area contributed by atoms with Gasteiger partial charge in [-0.1, -0.05) is 0 Å². The predicted molar refractivity (Wildman–Crippen MR) is 73.7 cm³/mol. The average molecular weight is 329 g/mol. The van der Waals surface area contributed by atoms with Crippen molar-refractivity contribution < 1.29 is 4.79 Å². The highest BCUT2D eigenvalue weighted by Crippen LogP contribution is 2.22. The van der Waals surface area contributed by atoms with Crippen LogP contribution in [0.2, 0.25) is 0 Å². The molecule has 0 aromatic carbocycles. The number of ketones is 1. The Morgan fingerprint density at radius 3 is 2.94 bits per heavy atom. The summed E-state index contributed by atoms with van der Waals surface area (Å²) in [7, 11) is 0. The van der Waals surface area contributed by atoms with Gasteiger partial charge in [0.1, 0.15) is 16.4 Å². The molecule has 7 heteroatoms. The van der Waals surface area contributed by atoms with Crippen molar-refractivity contribution in [2.75, 3.05) is 0 Å². The summed E-state index contributed by atoms with van der Waals surface area (Å²) >= 11 is 4.74. The Labute approximate surface area is 117 Å². The lowest BCUT2D eigenvalue weighted by Gasteiger charge is -2.02. The van der Waals surface area contributed by atoms with Gasteiger partial charge in [0, 0.05) is 11.9 Å². The number of carbonyl (C=O) groups is 1. The maximum absolute atomic E-state index is 12.4. The van der Waals surface area contributed by atoms with Gasteiger partial charge < -0.3 is 5.73 Å². The van der Waals surface area contributed by atoms with Gasteiger partial charge >= 0.3 is 0 Å². The lowest BCUT2D eigenvalue weighted by molar-refractivity contribution is 0.102. The van der Waals surface area contributed by atoms with Crippen LogP contribution in [0.25, 0.3) is 0 Å². The van der Waals surface area contributed by atoms with E-state index in [1.165, 1.54) is 11.3 Å². The molecule has 2 aromatic heterocycles. The summed E-state index contributed by atoms with van der Waals surface area (Å²) in [6, 6.07) is -0.156. The molecule has 2 aromatic rings. The normalized spacial score (nSPS) is 12.7. The molecular weight excluding hydrogens is 316 g/mol. The number of halogens is 1. The molecule has 1 unspecified atom stereocenters. The van der Waals surface area contributed by atoms with Crippen molar-refractivity contribution in [2.24, 2.45) is 5.73 Å². The van der Waals surface area contributed by atoms with Crippen LogP contribution in [0, 0.1) is 0 Å². The molecule has 1 atom stereocenters. The molecule has 0 aliphatic carbocycles.